The van der Waals surface area contributed by atoms with Crippen LogP contribution in [0.3, 0.4) is 0 Å². The average Bonchev–Trinajstić information content (AvgIpc) is 2.45. The summed E-state index contributed by atoms with van der Waals surface area (Å²) in [5.74, 6) is -4.34. The maximum Gasteiger partial charge on any atom is 0.309 e. The number of alkyl halides is 2. The van der Waals surface area contributed by atoms with Crippen LogP contribution in [0, 0.1) is 12.3 Å². The number of hydrogen-bond donors (Lipinski definition) is 1. The third kappa shape index (κ3) is 3.25. The Bertz CT molecular complexity index is 421. The van der Waals surface area contributed by atoms with Crippen LogP contribution in [0.25, 0.3) is 0 Å². The van der Waals surface area contributed by atoms with Gasteiger partial charge in [0.15, 0.2) is 0 Å². The van der Waals surface area contributed by atoms with Gasteiger partial charge in [0.2, 0.25) is 0 Å². The summed E-state index contributed by atoms with van der Waals surface area (Å²) >= 11 is 4.16. The molecule has 0 aliphatic rings. The predicted molar refractivity (Wildman–Crippen MR) is 66.7 cm³/mol. The van der Waals surface area contributed by atoms with E-state index in [-0.39, 0.29) is 4.88 Å². The Labute approximate surface area is 111 Å². The van der Waals surface area contributed by atoms with Crippen molar-refractivity contribution in [1.82, 2.24) is 0 Å². The fourth-order valence-electron chi connectivity index (χ4n) is 1.36. The molecule has 0 atom stereocenters. The Morgan fingerprint density at radius 2 is 2.06 bits per heavy atom. The summed E-state index contributed by atoms with van der Waals surface area (Å²) in [6.45, 7) is 4.34. The molecule has 0 unspecified atom stereocenters. The van der Waals surface area contributed by atoms with Gasteiger partial charge in [0.25, 0.3) is 5.92 Å². The summed E-state index contributed by atoms with van der Waals surface area (Å²) in [6.07, 6.45) is -0.707. The predicted octanol–water partition coefficient (Wildman–Crippen LogP) is 4.41. The first-order valence-corrected chi connectivity index (χ1v) is 6.55. The van der Waals surface area contributed by atoms with Crippen LogP contribution in [0.4, 0.5) is 8.78 Å². The lowest BCUT2D eigenvalue weighted by Crippen LogP contribution is -2.30. The van der Waals surface area contributed by atoms with Crippen LogP contribution < -0.4 is 0 Å². The van der Waals surface area contributed by atoms with Crippen LogP contribution in [0.15, 0.2) is 10.5 Å². The number of carboxylic acids is 1. The van der Waals surface area contributed by atoms with E-state index in [1.165, 1.54) is 19.9 Å². The van der Waals surface area contributed by atoms with Gasteiger partial charge < -0.3 is 5.11 Å². The van der Waals surface area contributed by atoms with Crippen LogP contribution in [0.5, 0.6) is 0 Å². The Hall–Kier alpha value is -0.490. The molecule has 1 rings (SSSR count). The van der Waals surface area contributed by atoms with Gasteiger partial charge in [-0.25, -0.2) is 8.78 Å². The molecule has 1 heterocycles. The zero-order valence-electron chi connectivity index (χ0n) is 9.68. The zero-order valence-corrected chi connectivity index (χ0v) is 12.1. The number of hydrogen-bond acceptors (Lipinski definition) is 2. The van der Waals surface area contributed by atoms with Crippen molar-refractivity contribution in [2.24, 2.45) is 5.41 Å². The van der Waals surface area contributed by atoms with Crippen LogP contribution in [-0.2, 0) is 10.7 Å². The molecular weight excluding hydrogens is 314 g/mol. The van der Waals surface area contributed by atoms with Crippen LogP contribution >= 0.6 is 27.3 Å². The maximum atomic E-state index is 13.9. The van der Waals surface area contributed by atoms with Gasteiger partial charge >= 0.3 is 5.97 Å². The van der Waals surface area contributed by atoms with Gasteiger partial charge in [-0.2, -0.15) is 0 Å². The fourth-order valence-corrected chi connectivity index (χ4v) is 2.87. The molecule has 17 heavy (non-hydrogen) atoms. The summed E-state index contributed by atoms with van der Waals surface area (Å²) in [6, 6.07) is 1.36. The molecule has 6 heteroatoms. The minimum absolute atomic E-state index is 0.101. The van der Waals surface area contributed by atoms with Gasteiger partial charge in [-0.3, -0.25) is 4.79 Å². The monoisotopic (exact) mass is 326 g/mol. The second-order valence-corrected chi connectivity index (χ2v) is 6.70. The van der Waals surface area contributed by atoms with E-state index >= 15 is 0 Å². The van der Waals surface area contributed by atoms with Crippen molar-refractivity contribution in [1.29, 1.82) is 0 Å². The van der Waals surface area contributed by atoms with Crippen LogP contribution in [-0.4, -0.2) is 11.1 Å². The smallest absolute Gasteiger partial charge is 0.309 e. The number of halogens is 3. The standard InChI is InChI=1S/C11H13BrF2O2S/c1-6-7(12)4-8(17-6)11(13,14)5-10(2,3)9(15)16/h4H,5H2,1-3H3,(H,15,16). The Morgan fingerprint density at radius 3 is 2.41 bits per heavy atom. The lowest BCUT2D eigenvalue weighted by atomic mass is 9.86. The number of aliphatic carboxylic acids is 1. The molecule has 1 aromatic heterocycles. The first-order valence-electron chi connectivity index (χ1n) is 4.94. The lowest BCUT2D eigenvalue weighted by Gasteiger charge is -2.24. The Morgan fingerprint density at radius 1 is 1.53 bits per heavy atom. The SMILES string of the molecule is Cc1sc(C(F)(F)CC(C)(C)C(=O)O)cc1Br. The van der Waals surface area contributed by atoms with Gasteiger partial charge in [-0.15, -0.1) is 11.3 Å². The van der Waals surface area contributed by atoms with Crippen molar-refractivity contribution in [2.75, 3.05) is 0 Å². The van der Waals surface area contributed by atoms with Gasteiger partial charge in [0, 0.05) is 15.8 Å². The van der Waals surface area contributed by atoms with Crippen molar-refractivity contribution in [3.8, 4) is 0 Å². The lowest BCUT2D eigenvalue weighted by molar-refractivity contribution is -0.153. The molecule has 2 nitrogen and oxygen atoms in total. The molecule has 0 radical (unpaired) electrons. The van der Waals surface area contributed by atoms with Crippen molar-refractivity contribution < 1.29 is 18.7 Å². The number of carboxylic acid groups (broad SMARTS) is 1. The largest absolute Gasteiger partial charge is 0.481 e. The van der Waals surface area contributed by atoms with Crippen LogP contribution in [0.1, 0.15) is 30.0 Å². The first kappa shape index (κ1) is 14.6. The van der Waals surface area contributed by atoms with E-state index < -0.39 is 23.7 Å². The van der Waals surface area contributed by atoms with Crippen LogP contribution in [0.2, 0.25) is 0 Å². The summed E-state index contributed by atoms with van der Waals surface area (Å²) in [4.78, 5) is 11.5. The summed E-state index contributed by atoms with van der Waals surface area (Å²) < 4.78 is 28.5. The van der Waals surface area contributed by atoms with E-state index in [9.17, 15) is 13.6 Å². The molecule has 0 amide bonds. The molecule has 0 aromatic carbocycles. The average molecular weight is 327 g/mol. The summed E-state index contributed by atoms with van der Waals surface area (Å²) in [5.41, 5.74) is -1.45. The normalized spacial score (nSPS) is 12.8. The van der Waals surface area contributed by atoms with Gasteiger partial charge in [-0.1, -0.05) is 0 Å². The van der Waals surface area contributed by atoms with E-state index in [1.54, 1.807) is 6.92 Å². The topological polar surface area (TPSA) is 37.3 Å². The van der Waals surface area contributed by atoms with Gasteiger partial charge in [-0.05, 0) is 42.8 Å². The minimum atomic E-state index is -3.12. The zero-order chi connectivity index (χ0) is 13.4. The molecule has 1 aromatic rings. The van der Waals surface area contributed by atoms with Crippen molar-refractivity contribution in [3.05, 3.63) is 20.3 Å². The second-order valence-electron chi connectivity index (χ2n) is 4.59. The highest BCUT2D eigenvalue weighted by molar-refractivity contribution is 9.10. The molecular formula is C11H13BrF2O2S. The van der Waals surface area contributed by atoms with E-state index in [2.05, 4.69) is 15.9 Å². The number of rotatable bonds is 4. The molecule has 0 saturated carbocycles. The highest BCUT2D eigenvalue weighted by Crippen LogP contribution is 2.44. The Balaban J connectivity index is 3.00. The highest BCUT2D eigenvalue weighted by atomic mass is 79.9. The third-order valence-electron chi connectivity index (χ3n) is 2.46. The molecule has 0 aliphatic carbocycles. The molecule has 0 bridgehead atoms. The molecule has 0 saturated heterocycles. The van der Waals surface area contributed by atoms with Crippen molar-refractivity contribution in [3.63, 3.8) is 0 Å². The third-order valence-corrected chi connectivity index (χ3v) is 4.71. The number of carbonyl (C=O) groups is 1. The molecule has 1 N–H and O–H groups in total. The van der Waals surface area contributed by atoms with Crippen molar-refractivity contribution >= 4 is 33.2 Å². The van der Waals surface area contributed by atoms with E-state index in [0.717, 1.165) is 16.2 Å². The molecule has 0 fully saturated rings. The van der Waals surface area contributed by atoms with Crippen molar-refractivity contribution in [2.45, 2.75) is 33.1 Å². The fraction of sp³-hybridized carbons (Fsp3) is 0.545. The van der Waals surface area contributed by atoms with E-state index in [0.29, 0.717) is 4.47 Å². The Kier molecular flexibility index (Phi) is 3.98. The molecule has 0 aliphatic heterocycles. The second kappa shape index (κ2) is 4.65. The van der Waals surface area contributed by atoms with Gasteiger partial charge in [0.05, 0.1) is 10.3 Å². The molecule has 0 spiro atoms. The summed E-state index contributed by atoms with van der Waals surface area (Å²) in [7, 11) is 0. The maximum absolute atomic E-state index is 13.9. The minimum Gasteiger partial charge on any atom is -0.481 e. The summed E-state index contributed by atoms with van der Waals surface area (Å²) in [5, 5.41) is 8.87. The van der Waals surface area contributed by atoms with E-state index in [4.69, 9.17) is 5.11 Å². The van der Waals surface area contributed by atoms with Gasteiger partial charge in [0.1, 0.15) is 0 Å². The van der Waals surface area contributed by atoms with E-state index in [1.807, 2.05) is 0 Å². The molecule has 96 valence electrons. The first-order chi connectivity index (χ1) is 7.56. The number of thiophene rings is 1. The number of aryl methyl sites for hydroxylation is 1. The highest BCUT2D eigenvalue weighted by Gasteiger charge is 2.43. The quantitative estimate of drug-likeness (QED) is 0.889.